The number of nitrogens with one attached hydrogen (secondary N) is 1. The molecule has 1 aliphatic heterocycles. The normalized spacial score (nSPS) is 15.4. The number of benzene rings is 2. The Morgan fingerprint density at radius 2 is 2.00 bits per heavy atom. The summed E-state index contributed by atoms with van der Waals surface area (Å²) >= 11 is 0. The molecule has 0 aromatic heterocycles. The van der Waals surface area contributed by atoms with Gasteiger partial charge in [-0.2, -0.15) is 0 Å². The Labute approximate surface area is 159 Å². The number of hydrogen-bond donors (Lipinski definition) is 2. The second-order valence-corrected chi connectivity index (χ2v) is 6.93. The third-order valence-electron chi connectivity index (χ3n) is 3.96. The monoisotopic (exact) mass is 365 g/mol. The minimum absolute atomic E-state index is 0.0933. The zero-order valence-corrected chi connectivity index (χ0v) is 15.5. The van der Waals surface area contributed by atoms with Gasteiger partial charge in [-0.05, 0) is 44.2 Å². The van der Waals surface area contributed by atoms with Gasteiger partial charge in [0.25, 0.3) is 5.91 Å². The number of aliphatic hydroxyl groups is 1. The van der Waals surface area contributed by atoms with Crippen LogP contribution in [-0.2, 0) is 0 Å². The van der Waals surface area contributed by atoms with Crippen LogP contribution in [0.5, 0.6) is 11.5 Å². The number of hydrogen-bond acceptors (Lipinski definition) is 4. The van der Waals surface area contributed by atoms with Gasteiger partial charge in [-0.3, -0.25) is 4.79 Å². The van der Waals surface area contributed by atoms with Gasteiger partial charge < -0.3 is 19.9 Å². The molecule has 1 amide bonds. The fourth-order valence-corrected chi connectivity index (χ4v) is 2.62. The van der Waals surface area contributed by atoms with Gasteiger partial charge in [-0.25, -0.2) is 0 Å². The van der Waals surface area contributed by atoms with Gasteiger partial charge in [0, 0.05) is 24.1 Å². The molecule has 0 spiro atoms. The number of amides is 1. The SMILES string of the molecule is CC(C)(O)C#Cc1cccc(C(=O)NCC[C@H]2COc3ccccc3O2)c1. The van der Waals surface area contributed by atoms with Crippen molar-refractivity contribution in [2.75, 3.05) is 13.2 Å². The fourth-order valence-electron chi connectivity index (χ4n) is 2.62. The predicted molar refractivity (Wildman–Crippen MR) is 103 cm³/mol. The van der Waals surface area contributed by atoms with E-state index in [-0.39, 0.29) is 12.0 Å². The van der Waals surface area contributed by atoms with Gasteiger partial charge in [0.05, 0.1) is 0 Å². The third-order valence-corrected chi connectivity index (χ3v) is 3.96. The molecular formula is C22H23NO4. The van der Waals surface area contributed by atoms with Gasteiger partial charge in [-0.15, -0.1) is 0 Å². The topological polar surface area (TPSA) is 67.8 Å². The highest BCUT2D eigenvalue weighted by Crippen LogP contribution is 2.31. The number of fused-ring (bicyclic) bond motifs is 1. The Kier molecular flexibility index (Phi) is 5.68. The second kappa shape index (κ2) is 8.15. The molecule has 5 nitrogen and oxygen atoms in total. The van der Waals surface area contributed by atoms with Gasteiger partial charge in [-0.1, -0.05) is 30.0 Å². The van der Waals surface area contributed by atoms with E-state index in [1.165, 1.54) is 0 Å². The van der Waals surface area contributed by atoms with Gasteiger partial charge in [0.2, 0.25) is 0 Å². The van der Waals surface area contributed by atoms with Gasteiger partial charge in [0.1, 0.15) is 18.3 Å². The zero-order chi connectivity index (χ0) is 19.3. The first-order valence-corrected chi connectivity index (χ1v) is 8.93. The third kappa shape index (κ3) is 5.50. The molecule has 0 unspecified atom stereocenters. The maximum absolute atomic E-state index is 12.4. The quantitative estimate of drug-likeness (QED) is 0.818. The summed E-state index contributed by atoms with van der Waals surface area (Å²) in [4.78, 5) is 12.4. The van der Waals surface area contributed by atoms with Crippen LogP contribution < -0.4 is 14.8 Å². The first-order valence-electron chi connectivity index (χ1n) is 8.93. The Hall–Kier alpha value is -2.97. The standard InChI is InChI=1S/C22H23NO4/c1-22(2,25)12-10-16-6-5-7-17(14-16)21(24)23-13-11-18-15-26-19-8-3-4-9-20(19)27-18/h3-9,14,18,25H,11,13,15H2,1-2H3,(H,23,24)/t18-/m0/s1. The lowest BCUT2D eigenvalue weighted by atomic mass is 10.1. The second-order valence-electron chi connectivity index (χ2n) is 6.93. The van der Waals surface area contributed by atoms with Crippen LogP contribution in [0.1, 0.15) is 36.2 Å². The van der Waals surface area contributed by atoms with E-state index in [1.807, 2.05) is 24.3 Å². The van der Waals surface area contributed by atoms with Crippen molar-refractivity contribution in [2.45, 2.75) is 32.0 Å². The molecule has 0 radical (unpaired) electrons. The van der Waals surface area contributed by atoms with Crippen molar-refractivity contribution in [3.05, 3.63) is 59.7 Å². The van der Waals surface area contributed by atoms with Crippen LogP contribution in [0.25, 0.3) is 0 Å². The molecule has 2 N–H and O–H groups in total. The van der Waals surface area contributed by atoms with E-state index in [2.05, 4.69) is 17.2 Å². The number of para-hydroxylation sites is 2. The van der Waals surface area contributed by atoms with E-state index in [0.29, 0.717) is 30.7 Å². The summed E-state index contributed by atoms with van der Waals surface area (Å²) in [6.45, 7) is 4.18. The minimum Gasteiger partial charge on any atom is -0.486 e. The van der Waals surface area contributed by atoms with Crippen molar-refractivity contribution < 1.29 is 19.4 Å². The van der Waals surface area contributed by atoms with Crippen molar-refractivity contribution in [1.82, 2.24) is 5.32 Å². The molecule has 0 fully saturated rings. The minimum atomic E-state index is -1.07. The molecule has 27 heavy (non-hydrogen) atoms. The highest BCUT2D eigenvalue weighted by Gasteiger charge is 2.20. The maximum atomic E-state index is 12.4. The van der Waals surface area contributed by atoms with Crippen molar-refractivity contribution in [1.29, 1.82) is 0 Å². The van der Waals surface area contributed by atoms with Crippen LogP contribution in [0.15, 0.2) is 48.5 Å². The molecule has 0 aliphatic carbocycles. The molecule has 0 saturated heterocycles. The number of ether oxygens (including phenoxy) is 2. The smallest absolute Gasteiger partial charge is 0.251 e. The molecule has 2 aromatic carbocycles. The highest BCUT2D eigenvalue weighted by atomic mass is 16.6. The van der Waals surface area contributed by atoms with Crippen LogP contribution in [0, 0.1) is 11.8 Å². The lowest BCUT2D eigenvalue weighted by molar-refractivity contribution is 0.0813. The molecule has 140 valence electrons. The first kappa shape index (κ1) is 18.8. The Morgan fingerprint density at radius 1 is 1.22 bits per heavy atom. The van der Waals surface area contributed by atoms with E-state index >= 15 is 0 Å². The van der Waals surface area contributed by atoms with Crippen molar-refractivity contribution in [2.24, 2.45) is 0 Å². The highest BCUT2D eigenvalue weighted by molar-refractivity contribution is 5.94. The van der Waals surface area contributed by atoms with E-state index in [9.17, 15) is 9.90 Å². The molecule has 5 heteroatoms. The predicted octanol–water partition coefficient (Wildman–Crippen LogP) is 2.77. The van der Waals surface area contributed by atoms with Crippen molar-refractivity contribution in [3.8, 4) is 23.3 Å². The molecule has 1 aliphatic rings. The summed E-state index contributed by atoms with van der Waals surface area (Å²) in [6, 6.07) is 14.6. The summed E-state index contributed by atoms with van der Waals surface area (Å²) < 4.78 is 11.6. The van der Waals surface area contributed by atoms with Crippen LogP contribution >= 0.6 is 0 Å². The summed E-state index contributed by atoms with van der Waals surface area (Å²) in [5.74, 6) is 6.94. The van der Waals surface area contributed by atoms with Gasteiger partial charge >= 0.3 is 0 Å². The largest absolute Gasteiger partial charge is 0.486 e. The van der Waals surface area contributed by atoms with E-state index in [0.717, 1.165) is 11.5 Å². The number of rotatable bonds is 4. The Balaban J connectivity index is 1.52. The zero-order valence-electron chi connectivity index (χ0n) is 15.5. The van der Waals surface area contributed by atoms with E-state index < -0.39 is 5.60 Å². The van der Waals surface area contributed by atoms with Crippen LogP contribution in [-0.4, -0.2) is 35.9 Å². The molecule has 3 rings (SSSR count). The first-order chi connectivity index (χ1) is 12.9. The average Bonchev–Trinajstić information content (AvgIpc) is 2.66. The lowest BCUT2D eigenvalue weighted by Gasteiger charge is -2.26. The molecule has 0 saturated carbocycles. The van der Waals surface area contributed by atoms with Gasteiger partial charge in [0.15, 0.2) is 11.5 Å². The summed E-state index contributed by atoms with van der Waals surface area (Å²) in [5, 5.41) is 12.6. The Bertz CT molecular complexity index is 874. The summed E-state index contributed by atoms with van der Waals surface area (Å²) in [5.41, 5.74) is 0.146. The fraction of sp³-hybridized carbons (Fsp3) is 0.318. The Morgan fingerprint density at radius 3 is 2.78 bits per heavy atom. The van der Waals surface area contributed by atoms with Crippen molar-refractivity contribution >= 4 is 5.91 Å². The number of carbonyl (C=O) groups is 1. The molecule has 2 aromatic rings. The average molecular weight is 365 g/mol. The maximum Gasteiger partial charge on any atom is 0.251 e. The molecular weight excluding hydrogens is 342 g/mol. The molecule has 1 atom stereocenters. The summed E-state index contributed by atoms with van der Waals surface area (Å²) in [6.07, 6.45) is 0.558. The lowest BCUT2D eigenvalue weighted by Crippen LogP contribution is -2.34. The van der Waals surface area contributed by atoms with Crippen LogP contribution in [0.4, 0.5) is 0 Å². The molecule has 1 heterocycles. The van der Waals surface area contributed by atoms with Crippen LogP contribution in [0.2, 0.25) is 0 Å². The van der Waals surface area contributed by atoms with E-state index in [1.54, 1.807) is 38.1 Å². The van der Waals surface area contributed by atoms with E-state index in [4.69, 9.17) is 9.47 Å². The van der Waals surface area contributed by atoms with Crippen molar-refractivity contribution in [3.63, 3.8) is 0 Å². The summed E-state index contributed by atoms with van der Waals surface area (Å²) in [7, 11) is 0. The number of carbonyl (C=O) groups excluding carboxylic acids is 1. The van der Waals surface area contributed by atoms with Crippen LogP contribution in [0.3, 0.4) is 0 Å². The molecule has 0 bridgehead atoms.